The van der Waals surface area contributed by atoms with Crippen molar-refractivity contribution in [1.82, 2.24) is 19.5 Å². The Labute approximate surface area is 127 Å². The summed E-state index contributed by atoms with van der Waals surface area (Å²) in [7, 11) is 0. The van der Waals surface area contributed by atoms with Crippen LogP contribution in [0.4, 0.5) is 0 Å². The number of β-amino-alcohol motifs (C(OH)–C–C–N with tert-alkyl or cyclic N) is 1. The van der Waals surface area contributed by atoms with E-state index < -0.39 is 0 Å². The molecule has 0 radical (unpaired) electrons. The highest BCUT2D eigenvalue weighted by molar-refractivity contribution is 7.16. The van der Waals surface area contributed by atoms with Gasteiger partial charge in [0.2, 0.25) is 4.96 Å². The molecular weight excluding hydrogens is 288 g/mol. The van der Waals surface area contributed by atoms with Crippen LogP contribution in [0.15, 0.2) is 10.9 Å². The van der Waals surface area contributed by atoms with Crippen molar-refractivity contribution in [2.24, 2.45) is 5.92 Å². The number of aryl methyl sites for hydroxylation is 1. The third-order valence-electron chi connectivity index (χ3n) is 4.03. The summed E-state index contributed by atoms with van der Waals surface area (Å²) in [5.41, 5.74) is 0.630. The number of aromatic nitrogens is 3. The van der Waals surface area contributed by atoms with Gasteiger partial charge >= 0.3 is 0 Å². The maximum atomic E-state index is 12.1. The number of piperidine rings is 1. The molecule has 0 saturated carbocycles. The van der Waals surface area contributed by atoms with E-state index in [-0.39, 0.29) is 11.7 Å². The number of likely N-dealkylation sites (tertiary alicyclic amines) is 1. The summed E-state index contributed by atoms with van der Waals surface area (Å²) in [6, 6.07) is 1.55. The van der Waals surface area contributed by atoms with E-state index in [1.165, 1.54) is 15.9 Å². The number of hydrogen-bond donors (Lipinski definition) is 1. The Morgan fingerprint density at radius 3 is 3.05 bits per heavy atom. The first-order valence-electron chi connectivity index (χ1n) is 7.36. The number of hydrogen-bond acceptors (Lipinski definition) is 6. The van der Waals surface area contributed by atoms with Gasteiger partial charge in [0.1, 0.15) is 5.01 Å². The number of aliphatic hydroxyl groups excluding tert-OH is 1. The maximum Gasteiger partial charge on any atom is 0.275 e. The lowest BCUT2D eigenvalue weighted by Gasteiger charge is -2.33. The summed E-state index contributed by atoms with van der Waals surface area (Å²) in [4.78, 5) is 19.4. The van der Waals surface area contributed by atoms with Crippen molar-refractivity contribution < 1.29 is 5.11 Å². The molecule has 6 nitrogen and oxygen atoms in total. The van der Waals surface area contributed by atoms with Crippen LogP contribution >= 0.6 is 11.3 Å². The van der Waals surface area contributed by atoms with E-state index in [4.69, 9.17) is 0 Å². The minimum absolute atomic E-state index is 0.128. The highest BCUT2D eigenvalue weighted by atomic mass is 32.1. The van der Waals surface area contributed by atoms with Crippen molar-refractivity contribution in [3.05, 3.63) is 27.1 Å². The number of nitrogens with zero attached hydrogens (tertiary/aromatic N) is 4. The Bertz CT molecular complexity index is 696. The van der Waals surface area contributed by atoms with Gasteiger partial charge in [-0.3, -0.25) is 9.69 Å². The lowest BCUT2D eigenvalue weighted by molar-refractivity contribution is 0.0254. The monoisotopic (exact) mass is 308 g/mol. The Morgan fingerprint density at radius 1 is 1.52 bits per heavy atom. The van der Waals surface area contributed by atoms with Crippen LogP contribution in [0, 0.1) is 5.92 Å². The smallest absolute Gasteiger partial charge is 0.275 e. The van der Waals surface area contributed by atoms with Crippen LogP contribution in [0.5, 0.6) is 0 Å². The van der Waals surface area contributed by atoms with E-state index in [1.807, 2.05) is 6.92 Å². The van der Waals surface area contributed by atoms with E-state index in [1.54, 1.807) is 6.07 Å². The molecule has 3 heterocycles. The van der Waals surface area contributed by atoms with E-state index >= 15 is 0 Å². The van der Waals surface area contributed by atoms with Crippen molar-refractivity contribution in [3.63, 3.8) is 0 Å². The first-order chi connectivity index (χ1) is 10.1. The van der Waals surface area contributed by atoms with Crippen LogP contribution in [0.2, 0.25) is 0 Å². The molecule has 0 bridgehead atoms. The van der Waals surface area contributed by atoms with E-state index in [9.17, 15) is 9.90 Å². The van der Waals surface area contributed by atoms with E-state index in [2.05, 4.69) is 21.9 Å². The van der Waals surface area contributed by atoms with Crippen LogP contribution in [-0.4, -0.2) is 43.8 Å². The summed E-state index contributed by atoms with van der Waals surface area (Å²) in [6.07, 6.45) is 1.49. The van der Waals surface area contributed by atoms with E-state index in [0.29, 0.717) is 24.0 Å². The van der Waals surface area contributed by atoms with Crippen LogP contribution in [0.25, 0.3) is 4.96 Å². The van der Waals surface area contributed by atoms with Gasteiger partial charge in [0.05, 0.1) is 11.8 Å². The molecule has 0 aliphatic carbocycles. The highest BCUT2D eigenvalue weighted by Gasteiger charge is 2.24. The lowest BCUT2D eigenvalue weighted by atomic mass is 9.96. The van der Waals surface area contributed by atoms with Crippen molar-refractivity contribution in [2.75, 3.05) is 13.1 Å². The average Bonchev–Trinajstić information content (AvgIpc) is 2.87. The van der Waals surface area contributed by atoms with Gasteiger partial charge < -0.3 is 5.11 Å². The Balaban J connectivity index is 1.82. The average molecular weight is 308 g/mol. The Morgan fingerprint density at radius 2 is 2.33 bits per heavy atom. The summed E-state index contributed by atoms with van der Waals surface area (Å²) in [5.74, 6) is 0.343. The minimum atomic E-state index is -0.293. The fraction of sp³-hybridized carbons (Fsp3) is 0.643. The molecule has 1 aliphatic rings. The summed E-state index contributed by atoms with van der Waals surface area (Å²) in [5, 5.41) is 15.1. The largest absolute Gasteiger partial charge is 0.392 e. The molecule has 0 aromatic carbocycles. The van der Waals surface area contributed by atoms with Gasteiger partial charge in [-0.2, -0.15) is 9.61 Å². The molecule has 2 atom stereocenters. The first-order valence-corrected chi connectivity index (χ1v) is 8.17. The highest BCUT2D eigenvalue weighted by Crippen LogP contribution is 2.19. The van der Waals surface area contributed by atoms with Crippen LogP contribution in [0.1, 0.15) is 31.0 Å². The molecule has 21 heavy (non-hydrogen) atoms. The van der Waals surface area contributed by atoms with Gasteiger partial charge in [0.25, 0.3) is 5.56 Å². The fourth-order valence-corrected chi connectivity index (χ4v) is 3.46. The zero-order valence-electron chi connectivity index (χ0n) is 12.3. The Kier molecular flexibility index (Phi) is 4.05. The zero-order valence-corrected chi connectivity index (χ0v) is 13.1. The SMILES string of the molecule is CCc1nn2c(=O)cc(CN3CCC(C)C(O)C3)nc2s1. The molecule has 2 aromatic heterocycles. The molecule has 114 valence electrons. The quantitative estimate of drug-likeness (QED) is 0.913. The summed E-state index contributed by atoms with van der Waals surface area (Å²) < 4.78 is 1.38. The van der Waals surface area contributed by atoms with Crippen LogP contribution < -0.4 is 5.56 Å². The topological polar surface area (TPSA) is 70.7 Å². The molecule has 3 rings (SSSR count). The van der Waals surface area contributed by atoms with Crippen molar-refractivity contribution in [3.8, 4) is 0 Å². The molecule has 7 heteroatoms. The second kappa shape index (κ2) is 5.82. The van der Waals surface area contributed by atoms with Gasteiger partial charge in [-0.05, 0) is 25.3 Å². The molecule has 1 N–H and O–H groups in total. The van der Waals surface area contributed by atoms with E-state index in [0.717, 1.165) is 30.1 Å². The third kappa shape index (κ3) is 3.00. The standard InChI is InChI=1S/C14H20N4O2S/c1-3-12-16-18-13(20)6-10(15-14(18)21-12)7-17-5-4-9(2)11(19)8-17/h6,9,11,19H,3-5,7-8H2,1-2H3. The molecule has 1 fully saturated rings. The second-order valence-corrected chi connectivity index (χ2v) is 6.74. The maximum absolute atomic E-state index is 12.1. The summed E-state index contributed by atoms with van der Waals surface area (Å²) in [6.45, 7) is 6.27. The van der Waals surface area contributed by atoms with Crippen LogP contribution in [-0.2, 0) is 13.0 Å². The summed E-state index contributed by atoms with van der Waals surface area (Å²) >= 11 is 1.46. The molecule has 2 aromatic rings. The Hall–Kier alpha value is -1.31. The normalized spacial score (nSPS) is 23.8. The molecule has 2 unspecified atom stereocenters. The number of aliphatic hydroxyl groups is 1. The van der Waals surface area contributed by atoms with Gasteiger partial charge in [-0.15, -0.1) is 0 Å². The van der Waals surface area contributed by atoms with Crippen LogP contribution in [0.3, 0.4) is 0 Å². The lowest BCUT2D eigenvalue weighted by Crippen LogP contribution is -2.42. The fourth-order valence-electron chi connectivity index (χ4n) is 2.61. The second-order valence-electron chi connectivity index (χ2n) is 5.70. The molecular formula is C14H20N4O2S. The van der Waals surface area contributed by atoms with Crippen molar-refractivity contribution in [2.45, 2.75) is 39.3 Å². The minimum Gasteiger partial charge on any atom is -0.392 e. The van der Waals surface area contributed by atoms with Crippen molar-refractivity contribution >= 4 is 16.3 Å². The number of fused-ring (bicyclic) bond motifs is 1. The number of rotatable bonds is 3. The van der Waals surface area contributed by atoms with Crippen molar-refractivity contribution in [1.29, 1.82) is 0 Å². The molecule has 0 amide bonds. The van der Waals surface area contributed by atoms with Gasteiger partial charge in [0, 0.05) is 19.2 Å². The third-order valence-corrected chi connectivity index (χ3v) is 5.08. The molecule has 0 spiro atoms. The first kappa shape index (κ1) is 14.6. The van der Waals surface area contributed by atoms with Gasteiger partial charge in [-0.1, -0.05) is 25.2 Å². The van der Waals surface area contributed by atoms with Gasteiger partial charge in [0.15, 0.2) is 0 Å². The molecule has 1 aliphatic heterocycles. The molecule has 1 saturated heterocycles. The van der Waals surface area contributed by atoms with Gasteiger partial charge in [-0.25, -0.2) is 4.98 Å². The zero-order chi connectivity index (χ0) is 15.0. The predicted octanol–water partition coefficient (Wildman–Crippen LogP) is 0.916. The predicted molar refractivity (Wildman–Crippen MR) is 81.6 cm³/mol.